The van der Waals surface area contributed by atoms with Gasteiger partial charge in [-0.1, -0.05) is 13.8 Å². The third kappa shape index (κ3) is 3.68. The Morgan fingerprint density at radius 1 is 1.30 bits per heavy atom. The Kier molecular flexibility index (Phi) is 4.57. The Morgan fingerprint density at radius 2 is 1.95 bits per heavy atom. The van der Waals surface area contributed by atoms with Gasteiger partial charge in [0.05, 0.1) is 0 Å². The fourth-order valence-electron chi connectivity index (χ4n) is 2.66. The van der Waals surface area contributed by atoms with Crippen LogP contribution < -0.4 is 11.1 Å². The van der Waals surface area contributed by atoms with Crippen molar-refractivity contribution in [1.82, 2.24) is 9.97 Å². The molecule has 1 aromatic rings. The van der Waals surface area contributed by atoms with E-state index in [4.69, 9.17) is 5.73 Å². The summed E-state index contributed by atoms with van der Waals surface area (Å²) < 4.78 is 0. The number of rotatable bonds is 4. The zero-order valence-corrected chi connectivity index (χ0v) is 12.5. The summed E-state index contributed by atoms with van der Waals surface area (Å²) in [7, 11) is 0. The van der Waals surface area contributed by atoms with Crippen LogP contribution in [0.2, 0.25) is 0 Å². The lowest BCUT2D eigenvalue weighted by Gasteiger charge is -2.27. The summed E-state index contributed by atoms with van der Waals surface area (Å²) in [6.07, 6.45) is 3.61. The molecular weight excluding hydrogens is 252 g/mol. The van der Waals surface area contributed by atoms with E-state index in [2.05, 4.69) is 29.1 Å². The highest BCUT2D eigenvalue weighted by Crippen LogP contribution is 2.26. The van der Waals surface area contributed by atoms with E-state index in [-0.39, 0.29) is 11.8 Å². The lowest BCUT2D eigenvalue weighted by atomic mass is 9.86. The predicted octanol–water partition coefficient (Wildman–Crippen LogP) is 2.36. The van der Waals surface area contributed by atoms with Crippen molar-refractivity contribution < 1.29 is 4.79 Å². The maximum absolute atomic E-state index is 11.2. The lowest BCUT2D eigenvalue weighted by molar-refractivity contribution is -0.122. The minimum absolute atomic E-state index is 0.0395. The molecule has 5 nitrogen and oxygen atoms in total. The molecule has 0 saturated heterocycles. The standard InChI is InChI=1S/C15H24N4O/c1-9(2)13-8-10(3)17-15(19-13)18-12-6-4-11(5-7-12)14(16)20/h8-9,11-12H,4-7H2,1-3H3,(H2,16,20)(H,17,18,19). The van der Waals surface area contributed by atoms with Crippen molar-refractivity contribution in [3.8, 4) is 0 Å². The predicted molar refractivity (Wildman–Crippen MR) is 79.4 cm³/mol. The first-order chi connectivity index (χ1) is 9.45. The van der Waals surface area contributed by atoms with Gasteiger partial charge in [-0.15, -0.1) is 0 Å². The van der Waals surface area contributed by atoms with Gasteiger partial charge >= 0.3 is 0 Å². The second-order valence-corrected chi connectivity index (χ2v) is 6.01. The first kappa shape index (κ1) is 14.8. The second-order valence-electron chi connectivity index (χ2n) is 6.01. The molecule has 3 N–H and O–H groups in total. The van der Waals surface area contributed by atoms with Crippen LogP contribution in [-0.2, 0) is 4.79 Å². The van der Waals surface area contributed by atoms with Gasteiger partial charge in [0.15, 0.2) is 0 Å². The van der Waals surface area contributed by atoms with Gasteiger partial charge < -0.3 is 11.1 Å². The van der Waals surface area contributed by atoms with Gasteiger partial charge in [0.1, 0.15) is 0 Å². The minimum atomic E-state index is -0.169. The maximum Gasteiger partial charge on any atom is 0.223 e. The first-order valence-electron chi connectivity index (χ1n) is 7.37. The molecule has 1 aliphatic carbocycles. The number of aromatic nitrogens is 2. The number of nitrogens with zero attached hydrogens (tertiary/aromatic N) is 2. The molecule has 1 aromatic heterocycles. The van der Waals surface area contributed by atoms with Crippen molar-refractivity contribution in [1.29, 1.82) is 0 Å². The second kappa shape index (κ2) is 6.20. The quantitative estimate of drug-likeness (QED) is 0.884. The fraction of sp³-hybridized carbons (Fsp3) is 0.667. The summed E-state index contributed by atoms with van der Waals surface area (Å²) in [4.78, 5) is 20.2. The molecule has 2 rings (SSSR count). The number of aryl methyl sites for hydroxylation is 1. The Morgan fingerprint density at radius 3 is 2.50 bits per heavy atom. The molecule has 1 heterocycles. The molecule has 1 amide bonds. The van der Waals surface area contributed by atoms with Crippen molar-refractivity contribution in [3.05, 3.63) is 17.5 Å². The maximum atomic E-state index is 11.2. The Labute approximate surface area is 120 Å². The van der Waals surface area contributed by atoms with Crippen molar-refractivity contribution in [2.24, 2.45) is 11.7 Å². The SMILES string of the molecule is Cc1cc(C(C)C)nc(NC2CCC(C(N)=O)CC2)n1. The largest absolute Gasteiger partial charge is 0.369 e. The molecule has 0 radical (unpaired) electrons. The van der Waals surface area contributed by atoms with Crippen LogP contribution in [0.5, 0.6) is 0 Å². The van der Waals surface area contributed by atoms with Crippen LogP contribution in [0.25, 0.3) is 0 Å². The van der Waals surface area contributed by atoms with E-state index >= 15 is 0 Å². The summed E-state index contributed by atoms with van der Waals surface area (Å²) in [5.41, 5.74) is 7.40. The first-order valence-corrected chi connectivity index (χ1v) is 7.37. The highest BCUT2D eigenvalue weighted by Gasteiger charge is 2.25. The topological polar surface area (TPSA) is 80.9 Å². The van der Waals surface area contributed by atoms with Crippen LogP contribution in [0.4, 0.5) is 5.95 Å². The molecule has 1 saturated carbocycles. The molecule has 0 aromatic carbocycles. The molecule has 110 valence electrons. The lowest BCUT2D eigenvalue weighted by Crippen LogP contribution is -2.33. The summed E-state index contributed by atoms with van der Waals surface area (Å²) in [5.74, 6) is 0.967. The number of anilines is 1. The molecule has 0 atom stereocenters. The summed E-state index contributed by atoms with van der Waals surface area (Å²) in [6, 6.07) is 2.37. The molecule has 0 bridgehead atoms. The number of carbonyl (C=O) groups is 1. The number of hydrogen-bond acceptors (Lipinski definition) is 4. The van der Waals surface area contributed by atoms with Crippen molar-refractivity contribution in [3.63, 3.8) is 0 Å². The summed E-state index contributed by atoms with van der Waals surface area (Å²) in [6.45, 7) is 6.25. The Hall–Kier alpha value is -1.65. The fourth-order valence-corrected chi connectivity index (χ4v) is 2.66. The zero-order chi connectivity index (χ0) is 14.7. The molecule has 5 heteroatoms. The number of amides is 1. The normalized spacial score (nSPS) is 22.8. The van der Waals surface area contributed by atoms with E-state index in [0.717, 1.165) is 37.1 Å². The molecule has 0 unspecified atom stereocenters. The van der Waals surface area contributed by atoms with E-state index in [9.17, 15) is 4.79 Å². The third-order valence-corrected chi connectivity index (χ3v) is 3.93. The third-order valence-electron chi connectivity index (χ3n) is 3.93. The molecule has 0 aliphatic heterocycles. The van der Waals surface area contributed by atoms with Crippen molar-refractivity contribution in [2.75, 3.05) is 5.32 Å². The molecule has 1 aliphatic rings. The monoisotopic (exact) mass is 276 g/mol. The summed E-state index contributed by atoms with van der Waals surface area (Å²) >= 11 is 0. The van der Waals surface area contributed by atoms with Crippen molar-refractivity contribution in [2.45, 2.75) is 58.4 Å². The average molecular weight is 276 g/mol. The summed E-state index contributed by atoms with van der Waals surface area (Å²) in [5, 5.41) is 3.40. The molecule has 1 fully saturated rings. The highest BCUT2D eigenvalue weighted by atomic mass is 16.1. The molecular formula is C15H24N4O. The van der Waals surface area contributed by atoms with Crippen LogP contribution in [0, 0.1) is 12.8 Å². The van der Waals surface area contributed by atoms with E-state index in [1.807, 2.05) is 13.0 Å². The number of nitrogens with one attached hydrogen (secondary N) is 1. The van der Waals surface area contributed by atoms with Gasteiger partial charge in [-0.25, -0.2) is 9.97 Å². The number of primary amides is 1. The van der Waals surface area contributed by atoms with Gasteiger partial charge in [0.2, 0.25) is 11.9 Å². The van der Waals surface area contributed by atoms with Crippen LogP contribution in [-0.4, -0.2) is 21.9 Å². The number of hydrogen-bond donors (Lipinski definition) is 2. The van der Waals surface area contributed by atoms with E-state index in [1.165, 1.54) is 0 Å². The van der Waals surface area contributed by atoms with E-state index in [0.29, 0.717) is 17.9 Å². The van der Waals surface area contributed by atoms with Crippen LogP contribution in [0.1, 0.15) is 56.8 Å². The Bertz CT molecular complexity index is 479. The number of nitrogens with two attached hydrogens (primary N) is 1. The van der Waals surface area contributed by atoms with Crippen LogP contribution >= 0.6 is 0 Å². The van der Waals surface area contributed by atoms with Gasteiger partial charge in [-0.05, 0) is 44.6 Å². The van der Waals surface area contributed by atoms with Crippen LogP contribution in [0.15, 0.2) is 6.07 Å². The van der Waals surface area contributed by atoms with Gasteiger partial charge in [-0.3, -0.25) is 4.79 Å². The number of carbonyl (C=O) groups excluding carboxylic acids is 1. The van der Waals surface area contributed by atoms with Gasteiger partial charge in [0.25, 0.3) is 0 Å². The van der Waals surface area contributed by atoms with Gasteiger partial charge in [0, 0.05) is 23.3 Å². The average Bonchev–Trinajstić information content (AvgIpc) is 2.38. The van der Waals surface area contributed by atoms with E-state index < -0.39 is 0 Å². The zero-order valence-electron chi connectivity index (χ0n) is 12.5. The Balaban J connectivity index is 1.99. The minimum Gasteiger partial charge on any atom is -0.369 e. The van der Waals surface area contributed by atoms with E-state index in [1.54, 1.807) is 0 Å². The molecule has 20 heavy (non-hydrogen) atoms. The van der Waals surface area contributed by atoms with Gasteiger partial charge in [-0.2, -0.15) is 0 Å². The highest BCUT2D eigenvalue weighted by molar-refractivity contribution is 5.76. The smallest absolute Gasteiger partial charge is 0.223 e. The van der Waals surface area contributed by atoms with Crippen LogP contribution in [0.3, 0.4) is 0 Å². The molecule has 0 spiro atoms. The van der Waals surface area contributed by atoms with Crippen molar-refractivity contribution >= 4 is 11.9 Å².